The Morgan fingerprint density at radius 3 is 2.53 bits per heavy atom. The second-order valence-corrected chi connectivity index (χ2v) is 5.23. The largest absolute Gasteiger partial charge is 0.479 e. The summed E-state index contributed by atoms with van der Waals surface area (Å²) >= 11 is 3.41. The van der Waals surface area contributed by atoms with Crippen LogP contribution < -0.4 is 5.32 Å². The first kappa shape index (κ1) is 14.0. The molecule has 0 radical (unpaired) electrons. The quantitative estimate of drug-likeness (QED) is 0.798. The van der Waals surface area contributed by atoms with Gasteiger partial charge in [-0.3, -0.25) is 0 Å². The van der Waals surface area contributed by atoms with Crippen LogP contribution in [0, 0.1) is 13.8 Å². The molecule has 1 unspecified atom stereocenters. The lowest BCUT2D eigenvalue weighted by Gasteiger charge is -2.21. The first-order valence-corrected chi connectivity index (χ1v) is 6.00. The van der Waals surface area contributed by atoms with E-state index < -0.39 is 11.6 Å². The predicted octanol–water partition coefficient (Wildman–Crippen LogP) is 2.31. The molecule has 0 amide bonds. The van der Waals surface area contributed by atoms with E-state index >= 15 is 0 Å². The van der Waals surface area contributed by atoms with Gasteiger partial charge in [-0.25, -0.2) is 4.79 Å². The number of anilines is 1. The van der Waals surface area contributed by atoms with Crippen LogP contribution >= 0.6 is 15.9 Å². The molecule has 0 saturated carbocycles. The number of aliphatic carboxylic acids is 1. The SMILES string of the molecule is Cc1cc(C)c(NCC(C)(O)C(=O)O)c(Br)c1. The van der Waals surface area contributed by atoms with Crippen molar-refractivity contribution in [2.24, 2.45) is 0 Å². The lowest BCUT2D eigenvalue weighted by molar-refractivity contribution is -0.155. The summed E-state index contributed by atoms with van der Waals surface area (Å²) in [6.07, 6.45) is 0. The fraction of sp³-hybridized carbons (Fsp3) is 0.417. The summed E-state index contributed by atoms with van der Waals surface area (Å²) in [5, 5.41) is 21.4. The number of carboxylic acids is 1. The molecule has 1 aromatic carbocycles. The summed E-state index contributed by atoms with van der Waals surface area (Å²) in [7, 11) is 0. The van der Waals surface area contributed by atoms with Gasteiger partial charge in [0, 0.05) is 4.47 Å². The van der Waals surface area contributed by atoms with E-state index in [0.717, 1.165) is 21.3 Å². The maximum atomic E-state index is 10.8. The predicted molar refractivity (Wildman–Crippen MR) is 70.4 cm³/mol. The molecule has 0 aliphatic carbocycles. The molecule has 94 valence electrons. The molecular weight excluding hydrogens is 286 g/mol. The molecule has 17 heavy (non-hydrogen) atoms. The molecule has 1 rings (SSSR count). The number of hydrogen-bond donors (Lipinski definition) is 3. The van der Waals surface area contributed by atoms with Crippen molar-refractivity contribution in [1.82, 2.24) is 0 Å². The van der Waals surface area contributed by atoms with Gasteiger partial charge in [0.25, 0.3) is 0 Å². The van der Waals surface area contributed by atoms with Gasteiger partial charge in [0.05, 0.1) is 12.2 Å². The van der Waals surface area contributed by atoms with Crippen molar-refractivity contribution in [2.75, 3.05) is 11.9 Å². The van der Waals surface area contributed by atoms with Gasteiger partial charge in [-0.05, 0) is 53.9 Å². The number of carbonyl (C=O) groups is 1. The molecule has 0 aliphatic rings. The maximum Gasteiger partial charge on any atom is 0.337 e. The Kier molecular flexibility index (Phi) is 4.16. The van der Waals surface area contributed by atoms with Crippen LogP contribution in [0.15, 0.2) is 16.6 Å². The van der Waals surface area contributed by atoms with Crippen LogP contribution in [-0.2, 0) is 4.79 Å². The van der Waals surface area contributed by atoms with Crippen molar-refractivity contribution in [3.8, 4) is 0 Å². The molecule has 0 fully saturated rings. The molecule has 5 heteroatoms. The number of aliphatic hydroxyl groups is 1. The van der Waals surface area contributed by atoms with Gasteiger partial charge in [-0.2, -0.15) is 0 Å². The number of aryl methyl sites for hydroxylation is 2. The van der Waals surface area contributed by atoms with Crippen LogP contribution in [0.3, 0.4) is 0 Å². The van der Waals surface area contributed by atoms with Crippen LogP contribution in [0.5, 0.6) is 0 Å². The second-order valence-electron chi connectivity index (χ2n) is 4.37. The van der Waals surface area contributed by atoms with Crippen molar-refractivity contribution in [3.63, 3.8) is 0 Å². The Morgan fingerprint density at radius 1 is 1.47 bits per heavy atom. The molecule has 0 aromatic heterocycles. The third-order valence-corrected chi connectivity index (χ3v) is 3.13. The van der Waals surface area contributed by atoms with Crippen molar-refractivity contribution < 1.29 is 15.0 Å². The Bertz CT molecular complexity index is 420. The lowest BCUT2D eigenvalue weighted by Crippen LogP contribution is -2.41. The van der Waals surface area contributed by atoms with Gasteiger partial charge in [0.2, 0.25) is 0 Å². The molecule has 0 saturated heterocycles. The third-order valence-electron chi connectivity index (χ3n) is 2.50. The minimum absolute atomic E-state index is 0.0508. The lowest BCUT2D eigenvalue weighted by atomic mass is 10.1. The molecule has 1 atom stereocenters. The number of benzene rings is 1. The summed E-state index contributed by atoms with van der Waals surface area (Å²) in [6.45, 7) is 5.12. The molecule has 0 spiro atoms. The third kappa shape index (κ3) is 3.44. The smallest absolute Gasteiger partial charge is 0.337 e. The first-order chi connectivity index (χ1) is 7.74. The highest BCUT2D eigenvalue weighted by atomic mass is 79.9. The summed E-state index contributed by atoms with van der Waals surface area (Å²) < 4.78 is 0.858. The highest BCUT2D eigenvalue weighted by Crippen LogP contribution is 2.28. The summed E-state index contributed by atoms with van der Waals surface area (Å²) in [5.41, 5.74) is 1.14. The summed E-state index contributed by atoms with van der Waals surface area (Å²) in [6, 6.07) is 3.92. The Morgan fingerprint density at radius 2 is 2.06 bits per heavy atom. The van der Waals surface area contributed by atoms with Crippen LogP contribution in [0.4, 0.5) is 5.69 Å². The zero-order valence-corrected chi connectivity index (χ0v) is 11.6. The average Bonchev–Trinajstić information content (AvgIpc) is 2.15. The van der Waals surface area contributed by atoms with E-state index in [1.165, 1.54) is 6.92 Å². The topological polar surface area (TPSA) is 69.6 Å². The van der Waals surface area contributed by atoms with Gasteiger partial charge in [-0.1, -0.05) is 6.07 Å². The number of nitrogens with one attached hydrogen (secondary N) is 1. The molecule has 4 nitrogen and oxygen atoms in total. The van der Waals surface area contributed by atoms with E-state index in [-0.39, 0.29) is 6.54 Å². The van der Waals surface area contributed by atoms with Crippen molar-refractivity contribution >= 4 is 27.6 Å². The number of rotatable bonds is 4. The zero-order valence-electron chi connectivity index (χ0n) is 10.0. The van der Waals surface area contributed by atoms with E-state index in [2.05, 4.69) is 21.2 Å². The molecule has 0 bridgehead atoms. The van der Waals surface area contributed by atoms with Crippen molar-refractivity contribution in [2.45, 2.75) is 26.4 Å². The van der Waals surface area contributed by atoms with E-state index in [0.29, 0.717) is 0 Å². The number of carboxylic acid groups (broad SMARTS) is 1. The molecule has 3 N–H and O–H groups in total. The highest BCUT2D eigenvalue weighted by Gasteiger charge is 2.29. The minimum Gasteiger partial charge on any atom is -0.479 e. The fourth-order valence-corrected chi connectivity index (χ4v) is 2.29. The van der Waals surface area contributed by atoms with Crippen LogP contribution in [0.25, 0.3) is 0 Å². The highest BCUT2D eigenvalue weighted by molar-refractivity contribution is 9.10. The average molecular weight is 302 g/mol. The molecule has 0 heterocycles. The Labute approximate surface area is 109 Å². The van der Waals surface area contributed by atoms with E-state index in [1.807, 2.05) is 26.0 Å². The fourth-order valence-electron chi connectivity index (χ4n) is 1.48. The van der Waals surface area contributed by atoms with Gasteiger partial charge >= 0.3 is 5.97 Å². The normalized spacial score (nSPS) is 14.2. The second kappa shape index (κ2) is 5.06. The van der Waals surface area contributed by atoms with E-state index in [4.69, 9.17) is 5.11 Å². The van der Waals surface area contributed by atoms with Crippen molar-refractivity contribution in [1.29, 1.82) is 0 Å². The van der Waals surface area contributed by atoms with E-state index in [9.17, 15) is 9.90 Å². The molecule has 0 aliphatic heterocycles. The van der Waals surface area contributed by atoms with Gasteiger partial charge < -0.3 is 15.5 Å². The maximum absolute atomic E-state index is 10.8. The minimum atomic E-state index is -1.78. The van der Waals surface area contributed by atoms with Gasteiger partial charge in [0.15, 0.2) is 5.60 Å². The van der Waals surface area contributed by atoms with E-state index in [1.54, 1.807) is 0 Å². The van der Waals surface area contributed by atoms with Gasteiger partial charge in [-0.15, -0.1) is 0 Å². The molecule has 1 aromatic rings. The Balaban J connectivity index is 2.87. The van der Waals surface area contributed by atoms with Crippen LogP contribution in [-0.4, -0.2) is 28.3 Å². The number of hydrogen-bond acceptors (Lipinski definition) is 3. The van der Waals surface area contributed by atoms with Gasteiger partial charge in [0.1, 0.15) is 0 Å². The Hall–Kier alpha value is -1.07. The van der Waals surface area contributed by atoms with Crippen molar-refractivity contribution in [3.05, 3.63) is 27.7 Å². The monoisotopic (exact) mass is 301 g/mol. The standard InChI is InChI=1S/C12H16BrNO3/c1-7-4-8(2)10(9(13)5-7)14-6-12(3,17)11(15)16/h4-5,14,17H,6H2,1-3H3,(H,15,16). The summed E-state index contributed by atoms with van der Waals surface area (Å²) in [4.78, 5) is 10.8. The first-order valence-electron chi connectivity index (χ1n) is 5.20. The zero-order chi connectivity index (χ0) is 13.2. The number of halogens is 1. The van der Waals surface area contributed by atoms with Crippen LogP contribution in [0.1, 0.15) is 18.1 Å². The van der Waals surface area contributed by atoms with Crippen LogP contribution in [0.2, 0.25) is 0 Å². The molecular formula is C12H16BrNO3. The summed E-state index contributed by atoms with van der Waals surface area (Å²) in [5.74, 6) is -1.24.